The lowest BCUT2D eigenvalue weighted by Gasteiger charge is -2.45. The summed E-state index contributed by atoms with van der Waals surface area (Å²) in [5.74, 6) is 0. The second-order valence-corrected chi connectivity index (χ2v) is 7.59. The van der Waals surface area contributed by atoms with Gasteiger partial charge in [-0.3, -0.25) is 0 Å². The highest BCUT2D eigenvalue weighted by atomic mass is 32.1. The van der Waals surface area contributed by atoms with Crippen molar-refractivity contribution >= 4 is 16.5 Å². The molecule has 4 heteroatoms. The number of thiazole rings is 1. The first kappa shape index (κ1) is 15.5. The van der Waals surface area contributed by atoms with E-state index in [1.807, 2.05) is 11.6 Å². The molecule has 1 fully saturated rings. The molecule has 0 aliphatic carbocycles. The van der Waals surface area contributed by atoms with E-state index in [0.717, 1.165) is 37.5 Å². The SMILES string of the molecule is CC1(C)C[C@](CCNc2nccs2)(c2ccccc2)CCO1. The van der Waals surface area contributed by atoms with Crippen LogP contribution in [0.5, 0.6) is 0 Å². The lowest BCUT2D eigenvalue weighted by Crippen LogP contribution is -2.44. The first-order chi connectivity index (χ1) is 10.6. The lowest BCUT2D eigenvalue weighted by molar-refractivity contribution is -0.0834. The minimum Gasteiger partial charge on any atom is -0.376 e. The van der Waals surface area contributed by atoms with Crippen molar-refractivity contribution in [1.82, 2.24) is 4.98 Å². The second-order valence-electron chi connectivity index (χ2n) is 6.70. The van der Waals surface area contributed by atoms with Crippen LogP contribution in [0.15, 0.2) is 41.9 Å². The summed E-state index contributed by atoms with van der Waals surface area (Å²) in [6.07, 6.45) is 5.09. The maximum atomic E-state index is 5.96. The number of nitrogens with zero attached hydrogens (tertiary/aromatic N) is 1. The van der Waals surface area contributed by atoms with Gasteiger partial charge in [-0.1, -0.05) is 30.3 Å². The van der Waals surface area contributed by atoms with Gasteiger partial charge >= 0.3 is 0 Å². The van der Waals surface area contributed by atoms with E-state index in [1.165, 1.54) is 5.56 Å². The van der Waals surface area contributed by atoms with Crippen LogP contribution in [0.3, 0.4) is 0 Å². The molecule has 0 radical (unpaired) electrons. The highest BCUT2D eigenvalue weighted by Gasteiger charge is 2.41. The first-order valence-electron chi connectivity index (χ1n) is 7.93. The number of ether oxygens (including phenoxy) is 1. The van der Waals surface area contributed by atoms with Gasteiger partial charge in [-0.2, -0.15) is 0 Å². The summed E-state index contributed by atoms with van der Waals surface area (Å²) in [7, 11) is 0. The molecule has 0 amide bonds. The van der Waals surface area contributed by atoms with Crippen LogP contribution in [0, 0.1) is 0 Å². The summed E-state index contributed by atoms with van der Waals surface area (Å²) in [5, 5.41) is 6.48. The van der Waals surface area contributed by atoms with Gasteiger partial charge in [0, 0.05) is 30.1 Å². The summed E-state index contributed by atoms with van der Waals surface area (Å²) in [6, 6.07) is 10.9. The van der Waals surface area contributed by atoms with Gasteiger partial charge in [0.1, 0.15) is 0 Å². The Morgan fingerprint density at radius 3 is 2.77 bits per heavy atom. The molecular formula is C18H24N2OS. The predicted octanol–water partition coefficient (Wildman–Crippen LogP) is 4.47. The Morgan fingerprint density at radius 1 is 1.27 bits per heavy atom. The van der Waals surface area contributed by atoms with Crippen LogP contribution in [-0.2, 0) is 10.2 Å². The zero-order valence-corrected chi connectivity index (χ0v) is 14.2. The molecule has 0 bridgehead atoms. The maximum Gasteiger partial charge on any atom is 0.182 e. The van der Waals surface area contributed by atoms with Crippen LogP contribution in [-0.4, -0.2) is 23.7 Å². The summed E-state index contributed by atoms with van der Waals surface area (Å²) in [6.45, 7) is 6.19. The lowest BCUT2D eigenvalue weighted by atomic mass is 9.67. The minimum atomic E-state index is -0.0602. The molecule has 0 saturated carbocycles. The van der Waals surface area contributed by atoms with Gasteiger partial charge in [-0.25, -0.2) is 4.98 Å². The van der Waals surface area contributed by atoms with Gasteiger partial charge < -0.3 is 10.1 Å². The molecule has 1 saturated heterocycles. The maximum absolute atomic E-state index is 5.96. The molecule has 1 aromatic carbocycles. The highest BCUT2D eigenvalue weighted by Crippen LogP contribution is 2.43. The van der Waals surface area contributed by atoms with Crippen molar-refractivity contribution in [2.45, 2.75) is 44.1 Å². The Morgan fingerprint density at radius 2 is 2.09 bits per heavy atom. The molecule has 2 aromatic rings. The Bertz CT molecular complexity index is 582. The number of hydrogen-bond donors (Lipinski definition) is 1. The van der Waals surface area contributed by atoms with Gasteiger partial charge in [0.05, 0.1) is 5.60 Å². The standard InChI is InChI=1S/C18H24N2OS/c1-17(2)14-18(9-12-21-17,15-6-4-3-5-7-15)8-10-19-16-20-11-13-22-16/h3-7,11,13H,8-10,12,14H2,1-2H3,(H,19,20)/t18-/m1/s1. The van der Waals surface area contributed by atoms with E-state index in [9.17, 15) is 0 Å². The Labute approximate surface area is 136 Å². The third-order valence-electron chi connectivity index (χ3n) is 4.54. The average molecular weight is 316 g/mol. The van der Waals surface area contributed by atoms with Crippen LogP contribution in [0.4, 0.5) is 5.13 Å². The van der Waals surface area contributed by atoms with E-state index < -0.39 is 0 Å². The molecule has 0 unspecified atom stereocenters. The molecule has 1 aliphatic heterocycles. The van der Waals surface area contributed by atoms with Crippen LogP contribution in [0.1, 0.15) is 38.7 Å². The number of anilines is 1. The van der Waals surface area contributed by atoms with Crippen molar-refractivity contribution in [2.75, 3.05) is 18.5 Å². The monoisotopic (exact) mass is 316 g/mol. The van der Waals surface area contributed by atoms with Crippen molar-refractivity contribution in [1.29, 1.82) is 0 Å². The molecular weight excluding hydrogens is 292 g/mol. The molecule has 1 atom stereocenters. The molecule has 118 valence electrons. The number of hydrogen-bond acceptors (Lipinski definition) is 4. The summed E-state index contributed by atoms with van der Waals surface area (Å²) < 4.78 is 5.96. The van der Waals surface area contributed by atoms with E-state index in [-0.39, 0.29) is 11.0 Å². The van der Waals surface area contributed by atoms with Crippen LogP contribution < -0.4 is 5.32 Å². The second kappa shape index (κ2) is 6.39. The Balaban J connectivity index is 1.77. The molecule has 0 spiro atoms. The van der Waals surface area contributed by atoms with Crippen molar-refractivity contribution < 1.29 is 4.74 Å². The number of aromatic nitrogens is 1. The molecule has 22 heavy (non-hydrogen) atoms. The van der Waals surface area contributed by atoms with Crippen molar-refractivity contribution in [2.24, 2.45) is 0 Å². The molecule has 3 rings (SSSR count). The van der Waals surface area contributed by atoms with Crippen LogP contribution in [0.25, 0.3) is 0 Å². The number of rotatable bonds is 5. The molecule has 1 aromatic heterocycles. The number of benzene rings is 1. The molecule has 1 aliphatic rings. The highest BCUT2D eigenvalue weighted by molar-refractivity contribution is 7.13. The summed E-state index contributed by atoms with van der Waals surface area (Å²) >= 11 is 1.66. The number of nitrogens with one attached hydrogen (secondary N) is 1. The van der Waals surface area contributed by atoms with Gasteiger partial charge in [-0.05, 0) is 38.7 Å². The third-order valence-corrected chi connectivity index (χ3v) is 5.27. The van der Waals surface area contributed by atoms with Gasteiger partial charge in [0.15, 0.2) is 5.13 Å². The minimum absolute atomic E-state index is 0.0602. The summed E-state index contributed by atoms with van der Waals surface area (Å²) in [4.78, 5) is 4.31. The van der Waals surface area contributed by atoms with Crippen molar-refractivity contribution in [3.63, 3.8) is 0 Å². The van der Waals surface area contributed by atoms with Gasteiger partial charge in [0.2, 0.25) is 0 Å². The van der Waals surface area contributed by atoms with E-state index in [4.69, 9.17) is 4.74 Å². The topological polar surface area (TPSA) is 34.2 Å². The Kier molecular flexibility index (Phi) is 4.50. The molecule has 1 N–H and O–H groups in total. The fourth-order valence-electron chi connectivity index (χ4n) is 3.59. The van der Waals surface area contributed by atoms with Crippen molar-refractivity contribution in [3.05, 3.63) is 47.5 Å². The fourth-order valence-corrected chi connectivity index (χ4v) is 4.15. The molecule has 3 nitrogen and oxygen atoms in total. The fraction of sp³-hybridized carbons (Fsp3) is 0.500. The van der Waals surface area contributed by atoms with Crippen LogP contribution in [0.2, 0.25) is 0 Å². The van der Waals surface area contributed by atoms with Gasteiger partial charge in [-0.15, -0.1) is 11.3 Å². The average Bonchev–Trinajstić information content (AvgIpc) is 3.00. The molecule has 2 heterocycles. The largest absolute Gasteiger partial charge is 0.376 e. The van der Waals surface area contributed by atoms with E-state index in [2.05, 4.69) is 54.5 Å². The quantitative estimate of drug-likeness (QED) is 0.883. The van der Waals surface area contributed by atoms with Crippen LogP contribution >= 0.6 is 11.3 Å². The van der Waals surface area contributed by atoms with E-state index in [0.29, 0.717) is 0 Å². The third kappa shape index (κ3) is 3.50. The Hall–Kier alpha value is -1.39. The zero-order valence-electron chi connectivity index (χ0n) is 13.3. The first-order valence-corrected chi connectivity index (χ1v) is 8.81. The smallest absolute Gasteiger partial charge is 0.182 e. The normalized spacial score (nSPS) is 24.1. The van der Waals surface area contributed by atoms with Crippen molar-refractivity contribution in [3.8, 4) is 0 Å². The van der Waals surface area contributed by atoms with E-state index >= 15 is 0 Å². The summed E-state index contributed by atoms with van der Waals surface area (Å²) in [5.41, 5.74) is 1.56. The van der Waals surface area contributed by atoms with Gasteiger partial charge in [0.25, 0.3) is 0 Å². The van der Waals surface area contributed by atoms with E-state index in [1.54, 1.807) is 11.3 Å². The predicted molar refractivity (Wildman–Crippen MR) is 92.6 cm³/mol. The zero-order chi connectivity index (χ0) is 15.5.